The molecule has 2 saturated carbocycles. The Labute approximate surface area is 131 Å². The molecule has 0 aromatic heterocycles. The topological polar surface area (TPSA) is 35.5 Å². The van der Waals surface area contributed by atoms with E-state index in [9.17, 15) is 4.79 Å². The highest BCUT2D eigenvalue weighted by molar-refractivity contribution is 5.94. The largest absolute Gasteiger partial charge is 0.454 e. The van der Waals surface area contributed by atoms with Gasteiger partial charge in [0, 0.05) is 12.7 Å². The molecule has 2 fully saturated rings. The van der Waals surface area contributed by atoms with Crippen molar-refractivity contribution in [2.45, 2.75) is 56.7 Å². The third kappa shape index (κ3) is 1.35. The van der Waals surface area contributed by atoms with Crippen molar-refractivity contribution in [3.8, 4) is 0 Å². The van der Waals surface area contributed by atoms with Crippen LogP contribution in [0.1, 0.15) is 66.6 Å². The molecule has 1 aliphatic heterocycles. The molecular formula is C19H22O3. The van der Waals surface area contributed by atoms with Crippen LogP contribution in [-0.4, -0.2) is 19.2 Å². The summed E-state index contributed by atoms with van der Waals surface area (Å²) < 4.78 is 11.5. The summed E-state index contributed by atoms with van der Waals surface area (Å²) in [6.07, 6.45) is 6.06. The molecule has 0 unspecified atom stereocenters. The molecular weight excluding hydrogens is 276 g/mol. The molecule has 4 aliphatic rings. The average Bonchev–Trinajstić information content (AvgIpc) is 2.99. The summed E-state index contributed by atoms with van der Waals surface area (Å²) in [6.45, 7) is 2.39. The van der Waals surface area contributed by atoms with E-state index in [4.69, 9.17) is 9.47 Å². The van der Waals surface area contributed by atoms with Gasteiger partial charge in [-0.05, 0) is 60.5 Å². The van der Waals surface area contributed by atoms with Crippen LogP contribution in [0.2, 0.25) is 0 Å². The molecule has 0 saturated heterocycles. The second-order valence-corrected chi connectivity index (χ2v) is 8.04. The van der Waals surface area contributed by atoms with Gasteiger partial charge in [-0.15, -0.1) is 0 Å². The van der Waals surface area contributed by atoms with Crippen molar-refractivity contribution < 1.29 is 14.3 Å². The van der Waals surface area contributed by atoms with Gasteiger partial charge >= 0.3 is 5.97 Å². The predicted octanol–water partition coefficient (Wildman–Crippen LogP) is 3.76. The van der Waals surface area contributed by atoms with Gasteiger partial charge in [-0.25, -0.2) is 4.79 Å². The Morgan fingerprint density at radius 1 is 1.27 bits per heavy atom. The van der Waals surface area contributed by atoms with Crippen LogP contribution in [0.25, 0.3) is 0 Å². The van der Waals surface area contributed by atoms with Crippen molar-refractivity contribution >= 4 is 5.97 Å². The minimum absolute atomic E-state index is 0.0169. The zero-order valence-corrected chi connectivity index (χ0v) is 13.2. The average molecular weight is 298 g/mol. The molecule has 2 bridgehead atoms. The van der Waals surface area contributed by atoms with Crippen LogP contribution in [0.5, 0.6) is 0 Å². The fourth-order valence-electron chi connectivity index (χ4n) is 6.15. The van der Waals surface area contributed by atoms with Crippen molar-refractivity contribution in [2.75, 3.05) is 7.11 Å². The molecule has 116 valence electrons. The van der Waals surface area contributed by atoms with Crippen molar-refractivity contribution in [1.29, 1.82) is 0 Å². The van der Waals surface area contributed by atoms with E-state index in [0.29, 0.717) is 12.0 Å². The third-order valence-electron chi connectivity index (χ3n) is 7.14. The van der Waals surface area contributed by atoms with Crippen LogP contribution in [0.4, 0.5) is 0 Å². The van der Waals surface area contributed by atoms with E-state index < -0.39 is 0 Å². The lowest BCUT2D eigenvalue weighted by atomic mass is 9.54. The van der Waals surface area contributed by atoms with Crippen LogP contribution in [0.15, 0.2) is 18.2 Å². The highest BCUT2D eigenvalue weighted by Gasteiger charge is 2.62. The van der Waals surface area contributed by atoms with Crippen molar-refractivity contribution in [3.05, 3.63) is 34.9 Å². The summed E-state index contributed by atoms with van der Waals surface area (Å²) in [5, 5.41) is 0. The third-order valence-corrected chi connectivity index (χ3v) is 7.14. The van der Waals surface area contributed by atoms with Gasteiger partial charge in [-0.3, -0.25) is 0 Å². The number of esters is 1. The lowest BCUT2D eigenvalue weighted by molar-refractivity contribution is -0.0634. The molecule has 1 heterocycles. The normalized spacial score (nSPS) is 44.5. The fraction of sp³-hybridized carbons (Fsp3) is 0.632. The monoisotopic (exact) mass is 298 g/mol. The number of hydrogen-bond donors (Lipinski definition) is 0. The number of carbonyl (C=O) groups is 1. The second-order valence-electron chi connectivity index (χ2n) is 8.04. The first-order valence-corrected chi connectivity index (χ1v) is 8.45. The number of fused-ring (bicyclic) bond motifs is 1. The van der Waals surface area contributed by atoms with Crippen LogP contribution in [0.3, 0.4) is 0 Å². The smallest absolute Gasteiger partial charge is 0.339 e. The molecule has 3 heteroatoms. The lowest BCUT2D eigenvalue weighted by Gasteiger charge is -2.51. The van der Waals surface area contributed by atoms with E-state index in [1.165, 1.54) is 30.4 Å². The van der Waals surface area contributed by atoms with Gasteiger partial charge in [-0.1, -0.05) is 19.1 Å². The summed E-state index contributed by atoms with van der Waals surface area (Å²) in [6, 6.07) is 6.25. The SMILES string of the molecule is CO[C@H]1C[C@@H]2C[C@@H]3OC(=O)c4cccc(c43)[C@]23CC[C@@]1(C)C3. The number of methoxy groups -OCH3 is 1. The van der Waals surface area contributed by atoms with E-state index in [2.05, 4.69) is 13.0 Å². The number of hydrogen-bond acceptors (Lipinski definition) is 3. The Hall–Kier alpha value is -1.35. The number of carbonyl (C=O) groups excluding carboxylic acids is 1. The molecule has 0 N–H and O–H groups in total. The molecule has 3 aliphatic carbocycles. The van der Waals surface area contributed by atoms with Crippen LogP contribution in [0, 0.1) is 11.3 Å². The van der Waals surface area contributed by atoms with E-state index >= 15 is 0 Å². The predicted molar refractivity (Wildman–Crippen MR) is 81.8 cm³/mol. The molecule has 5 rings (SSSR count). The Morgan fingerprint density at radius 2 is 2.14 bits per heavy atom. The van der Waals surface area contributed by atoms with Gasteiger partial charge in [0.25, 0.3) is 0 Å². The standard InChI is InChI=1S/C19H22O3/c1-18-6-7-19(10-18)11(9-15(18)21-2)8-14-16-12(17(20)22-14)4-3-5-13(16)19/h3-5,11,14-15H,6-10H2,1-2H3/t11-,14-,15-,18-,19-/m0/s1. The van der Waals surface area contributed by atoms with Gasteiger partial charge in [0.15, 0.2) is 0 Å². The van der Waals surface area contributed by atoms with Gasteiger partial charge < -0.3 is 9.47 Å². The Morgan fingerprint density at radius 3 is 2.95 bits per heavy atom. The zero-order valence-electron chi connectivity index (χ0n) is 13.2. The Bertz CT molecular complexity index is 681. The van der Waals surface area contributed by atoms with E-state index in [1.807, 2.05) is 19.2 Å². The van der Waals surface area contributed by atoms with Crippen molar-refractivity contribution in [3.63, 3.8) is 0 Å². The van der Waals surface area contributed by atoms with Crippen LogP contribution in [-0.2, 0) is 14.9 Å². The highest BCUT2D eigenvalue weighted by atomic mass is 16.5. The molecule has 0 amide bonds. The summed E-state index contributed by atoms with van der Waals surface area (Å²) in [5.74, 6) is 0.452. The maximum Gasteiger partial charge on any atom is 0.339 e. The van der Waals surface area contributed by atoms with Crippen molar-refractivity contribution in [2.24, 2.45) is 11.3 Å². The molecule has 22 heavy (non-hydrogen) atoms. The molecule has 1 spiro atoms. The van der Waals surface area contributed by atoms with Crippen molar-refractivity contribution in [1.82, 2.24) is 0 Å². The summed E-state index contributed by atoms with van der Waals surface area (Å²) >= 11 is 0. The summed E-state index contributed by atoms with van der Waals surface area (Å²) in [5.41, 5.74) is 3.97. The molecule has 1 aromatic rings. The lowest BCUT2D eigenvalue weighted by Crippen LogP contribution is -2.48. The second kappa shape index (κ2) is 3.94. The molecule has 3 nitrogen and oxygen atoms in total. The van der Waals surface area contributed by atoms with Crippen LogP contribution < -0.4 is 0 Å². The van der Waals surface area contributed by atoms with Gasteiger partial charge in [-0.2, -0.15) is 0 Å². The summed E-state index contributed by atoms with van der Waals surface area (Å²) in [7, 11) is 1.85. The maximum absolute atomic E-state index is 12.2. The van der Waals surface area contributed by atoms with Gasteiger partial charge in [0.1, 0.15) is 6.10 Å². The molecule has 5 atom stereocenters. The molecule has 1 aromatic carbocycles. The highest BCUT2D eigenvalue weighted by Crippen LogP contribution is 2.67. The number of ether oxygens (including phenoxy) is 2. The maximum atomic E-state index is 12.2. The fourth-order valence-corrected chi connectivity index (χ4v) is 6.15. The van der Waals surface area contributed by atoms with Gasteiger partial charge in [0.2, 0.25) is 0 Å². The minimum Gasteiger partial charge on any atom is -0.454 e. The first-order chi connectivity index (χ1) is 10.6. The first-order valence-electron chi connectivity index (χ1n) is 8.45. The first kappa shape index (κ1) is 13.1. The van der Waals surface area contributed by atoms with Gasteiger partial charge in [0.05, 0.1) is 11.7 Å². The quantitative estimate of drug-likeness (QED) is 0.740. The van der Waals surface area contributed by atoms with E-state index in [-0.39, 0.29) is 22.9 Å². The Kier molecular flexibility index (Phi) is 2.35. The van der Waals surface area contributed by atoms with Crippen LogP contribution >= 0.6 is 0 Å². The number of benzene rings is 1. The summed E-state index contributed by atoms with van der Waals surface area (Å²) in [4.78, 5) is 12.2. The zero-order chi connectivity index (χ0) is 15.1. The van der Waals surface area contributed by atoms with E-state index in [1.54, 1.807) is 0 Å². The Balaban J connectivity index is 1.71. The van der Waals surface area contributed by atoms with E-state index in [0.717, 1.165) is 18.4 Å². The molecule has 0 radical (unpaired) electrons. The minimum atomic E-state index is -0.124. The number of rotatable bonds is 1.